The molecule has 7 heteroatoms. The van der Waals surface area contributed by atoms with Crippen LogP contribution in [0.25, 0.3) is 21.3 Å². The molecule has 0 saturated carbocycles. The lowest BCUT2D eigenvalue weighted by Gasteiger charge is -2.14. The number of aryl methyl sites for hydroxylation is 1. The van der Waals surface area contributed by atoms with Crippen molar-refractivity contribution in [3.8, 4) is 16.9 Å². The summed E-state index contributed by atoms with van der Waals surface area (Å²) in [7, 11) is 0. The Morgan fingerprint density at radius 2 is 1.90 bits per heavy atom. The van der Waals surface area contributed by atoms with Gasteiger partial charge >= 0.3 is 0 Å². The lowest BCUT2D eigenvalue weighted by molar-refractivity contribution is 0.0915. The molecule has 2 aromatic carbocycles. The van der Waals surface area contributed by atoms with Crippen molar-refractivity contribution in [2.24, 2.45) is 0 Å². The third-order valence-electron chi connectivity index (χ3n) is 4.90. The first-order valence-corrected chi connectivity index (χ1v) is 10.6. The van der Waals surface area contributed by atoms with Crippen molar-refractivity contribution in [3.05, 3.63) is 82.0 Å². The van der Waals surface area contributed by atoms with Gasteiger partial charge in [0.2, 0.25) is 0 Å². The molecule has 0 saturated heterocycles. The predicted octanol–water partition coefficient (Wildman–Crippen LogP) is 4.27. The molecule has 5 nitrogen and oxygen atoms in total. The molecule has 0 radical (unpaired) electrons. The monoisotopic (exact) mass is 424 g/mol. The topological polar surface area (TPSA) is 64.3 Å². The van der Waals surface area contributed by atoms with Gasteiger partial charge in [-0.25, -0.2) is 9.37 Å². The smallest absolute Gasteiger partial charge is 0.262 e. The summed E-state index contributed by atoms with van der Waals surface area (Å²) in [6.07, 6.45) is 1.51. The van der Waals surface area contributed by atoms with E-state index in [1.165, 1.54) is 39.9 Å². The number of fused-ring (bicyclic) bond motifs is 1. The van der Waals surface area contributed by atoms with Gasteiger partial charge < -0.3 is 9.84 Å². The Morgan fingerprint density at radius 3 is 2.60 bits per heavy atom. The highest BCUT2D eigenvalue weighted by Crippen LogP contribution is 2.30. The van der Waals surface area contributed by atoms with E-state index < -0.39 is 6.10 Å². The summed E-state index contributed by atoms with van der Waals surface area (Å²) >= 11 is 1.36. The van der Waals surface area contributed by atoms with Gasteiger partial charge in [-0.1, -0.05) is 31.2 Å². The zero-order chi connectivity index (χ0) is 21.1. The van der Waals surface area contributed by atoms with Crippen LogP contribution in [0.1, 0.15) is 12.5 Å². The molecular formula is C23H21FN2O3S. The van der Waals surface area contributed by atoms with Crippen LogP contribution in [-0.4, -0.2) is 27.4 Å². The highest BCUT2D eigenvalue weighted by atomic mass is 32.1. The molecule has 0 aliphatic heterocycles. The number of thiophene rings is 1. The average molecular weight is 424 g/mol. The van der Waals surface area contributed by atoms with E-state index in [4.69, 9.17) is 4.74 Å². The first-order chi connectivity index (χ1) is 14.5. The molecule has 0 bridgehead atoms. The lowest BCUT2D eigenvalue weighted by Crippen LogP contribution is -2.30. The molecule has 0 aliphatic carbocycles. The van der Waals surface area contributed by atoms with Crippen LogP contribution >= 0.6 is 11.3 Å². The fourth-order valence-electron chi connectivity index (χ4n) is 3.23. The van der Waals surface area contributed by atoms with Crippen molar-refractivity contribution >= 4 is 21.6 Å². The average Bonchev–Trinajstić information content (AvgIpc) is 3.20. The van der Waals surface area contributed by atoms with Gasteiger partial charge in [0.1, 0.15) is 29.1 Å². The summed E-state index contributed by atoms with van der Waals surface area (Å²) in [6, 6.07) is 13.7. The van der Waals surface area contributed by atoms with Gasteiger partial charge in [-0.2, -0.15) is 0 Å². The fourth-order valence-corrected chi connectivity index (χ4v) is 4.14. The molecule has 4 rings (SSSR count). The van der Waals surface area contributed by atoms with E-state index in [0.717, 1.165) is 12.0 Å². The van der Waals surface area contributed by atoms with Crippen molar-refractivity contribution < 1.29 is 14.2 Å². The molecule has 4 aromatic rings. The minimum atomic E-state index is -0.874. The SMILES string of the molecule is CCc1ccc(OCC(O)Cn2cnc3scc(-c4ccc(F)cc4)c3c2=O)cc1. The quantitative estimate of drug-likeness (QED) is 0.481. The highest BCUT2D eigenvalue weighted by Gasteiger charge is 2.15. The van der Waals surface area contributed by atoms with Crippen LogP contribution in [0, 0.1) is 5.82 Å². The second-order valence-corrected chi connectivity index (χ2v) is 7.86. The molecule has 0 spiro atoms. The van der Waals surface area contributed by atoms with Crippen molar-refractivity contribution in [3.63, 3.8) is 0 Å². The maximum Gasteiger partial charge on any atom is 0.262 e. The molecule has 1 N–H and O–H groups in total. The molecule has 30 heavy (non-hydrogen) atoms. The Kier molecular flexibility index (Phi) is 5.92. The Balaban J connectivity index is 1.52. The lowest BCUT2D eigenvalue weighted by atomic mass is 10.1. The summed E-state index contributed by atoms with van der Waals surface area (Å²) in [5.41, 5.74) is 2.43. The summed E-state index contributed by atoms with van der Waals surface area (Å²) in [4.78, 5) is 18.0. The van der Waals surface area contributed by atoms with Crippen molar-refractivity contribution in [1.29, 1.82) is 0 Å². The van der Waals surface area contributed by atoms with E-state index in [-0.39, 0.29) is 24.5 Å². The van der Waals surface area contributed by atoms with Gasteiger partial charge in [-0.05, 0) is 41.8 Å². The van der Waals surface area contributed by atoms with E-state index in [2.05, 4.69) is 11.9 Å². The largest absolute Gasteiger partial charge is 0.491 e. The zero-order valence-electron chi connectivity index (χ0n) is 16.4. The molecule has 154 valence electrons. The van der Waals surface area contributed by atoms with Gasteiger partial charge in [0.15, 0.2) is 0 Å². The number of rotatable bonds is 7. The normalized spacial score (nSPS) is 12.2. The Morgan fingerprint density at radius 1 is 1.17 bits per heavy atom. The van der Waals surface area contributed by atoms with Crippen molar-refractivity contribution in [2.45, 2.75) is 26.0 Å². The van der Waals surface area contributed by atoms with Gasteiger partial charge in [0.25, 0.3) is 5.56 Å². The Bertz CT molecular complexity index is 1200. The van der Waals surface area contributed by atoms with Crippen LogP contribution in [0.5, 0.6) is 5.75 Å². The number of hydrogen-bond donors (Lipinski definition) is 1. The third kappa shape index (κ3) is 4.27. The van der Waals surface area contributed by atoms with Crippen LogP contribution in [-0.2, 0) is 13.0 Å². The summed E-state index contributed by atoms with van der Waals surface area (Å²) in [5, 5.41) is 12.7. The Labute approximate surface area is 177 Å². The van der Waals surface area contributed by atoms with Crippen LogP contribution < -0.4 is 10.3 Å². The molecule has 1 unspecified atom stereocenters. The number of hydrogen-bond acceptors (Lipinski definition) is 5. The third-order valence-corrected chi connectivity index (χ3v) is 5.78. The molecule has 2 heterocycles. The summed E-state index contributed by atoms with van der Waals surface area (Å²) in [6.45, 7) is 2.20. The first-order valence-electron chi connectivity index (χ1n) is 9.67. The number of benzene rings is 2. The Hall–Kier alpha value is -3.03. The minimum Gasteiger partial charge on any atom is -0.491 e. The number of ether oxygens (including phenoxy) is 1. The molecule has 0 aliphatic rings. The molecule has 1 atom stereocenters. The number of nitrogens with zero attached hydrogens (tertiary/aromatic N) is 2. The zero-order valence-corrected chi connectivity index (χ0v) is 17.2. The van der Waals surface area contributed by atoms with E-state index in [1.807, 2.05) is 29.6 Å². The van der Waals surface area contributed by atoms with Crippen LogP contribution in [0.4, 0.5) is 4.39 Å². The molecule has 0 amide bonds. The van der Waals surface area contributed by atoms with E-state index in [1.54, 1.807) is 12.1 Å². The van der Waals surface area contributed by atoms with Gasteiger partial charge in [0.05, 0.1) is 18.3 Å². The summed E-state index contributed by atoms with van der Waals surface area (Å²) in [5.74, 6) is 0.338. The van der Waals surface area contributed by atoms with E-state index in [9.17, 15) is 14.3 Å². The molecular weight excluding hydrogens is 403 g/mol. The summed E-state index contributed by atoms with van der Waals surface area (Å²) < 4.78 is 20.3. The standard InChI is InChI=1S/C23H21FN2O3S/c1-2-15-3-9-19(10-4-15)29-12-18(27)11-26-14-25-22-21(23(26)28)20(13-30-22)16-5-7-17(24)8-6-16/h3-10,13-14,18,27H,2,11-12H2,1H3. The minimum absolute atomic E-state index is 0.0599. The number of halogens is 1. The first kappa shape index (κ1) is 20.3. The number of aromatic nitrogens is 2. The van der Waals surface area contributed by atoms with Crippen LogP contribution in [0.15, 0.2) is 65.0 Å². The number of aliphatic hydroxyl groups excluding tert-OH is 1. The van der Waals surface area contributed by atoms with Gasteiger partial charge in [0, 0.05) is 10.9 Å². The second-order valence-electron chi connectivity index (χ2n) is 7.00. The van der Waals surface area contributed by atoms with E-state index in [0.29, 0.717) is 21.5 Å². The van der Waals surface area contributed by atoms with Crippen molar-refractivity contribution in [1.82, 2.24) is 9.55 Å². The molecule has 2 aromatic heterocycles. The van der Waals surface area contributed by atoms with Gasteiger partial charge in [-0.3, -0.25) is 9.36 Å². The highest BCUT2D eigenvalue weighted by molar-refractivity contribution is 7.17. The van der Waals surface area contributed by atoms with Gasteiger partial charge in [-0.15, -0.1) is 11.3 Å². The predicted molar refractivity (Wildman–Crippen MR) is 117 cm³/mol. The number of aliphatic hydroxyl groups is 1. The van der Waals surface area contributed by atoms with Crippen molar-refractivity contribution in [2.75, 3.05) is 6.61 Å². The maximum atomic E-state index is 13.2. The molecule has 0 fully saturated rings. The van der Waals surface area contributed by atoms with E-state index >= 15 is 0 Å². The van der Waals surface area contributed by atoms with Crippen LogP contribution in [0.3, 0.4) is 0 Å². The second kappa shape index (κ2) is 8.77. The maximum absolute atomic E-state index is 13.2. The fraction of sp³-hybridized carbons (Fsp3) is 0.217. The van der Waals surface area contributed by atoms with Crippen LogP contribution in [0.2, 0.25) is 0 Å².